The zero-order valence-corrected chi connectivity index (χ0v) is 16.3. The highest BCUT2D eigenvalue weighted by molar-refractivity contribution is 5.77. The molecule has 2 atom stereocenters. The van der Waals surface area contributed by atoms with Crippen LogP contribution in [0.2, 0.25) is 0 Å². The maximum Gasteiger partial charge on any atom is 0.261 e. The average molecular weight is 378 g/mol. The minimum absolute atomic E-state index is 0.0254. The Bertz CT molecular complexity index is 867. The van der Waals surface area contributed by atoms with Gasteiger partial charge in [0.15, 0.2) is 11.6 Å². The molecule has 7 heteroatoms. The molecule has 3 rings (SSSR count). The summed E-state index contributed by atoms with van der Waals surface area (Å²) in [5, 5.41) is 3.61. The molecule has 1 unspecified atom stereocenters. The molecule has 148 valence electrons. The minimum atomic E-state index is -1.02. The van der Waals surface area contributed by atoms with E-state index in [1.54, 1.807) is 4.57 Å². The van der Waals surface area contributed by atoms with Gasteiger partial charge in [-0.3, -0.25) is 14.3 Å². The van der Waals surface area contributed by atoms with Crippen molar-refractivity contribution in [2.45, 2.75) is 58.7 Å². The standard InChI is InChI=1S/C20H28F2N4O/c1-4-7-18(25-9-6-8-23-13(3)12-25)19-24-17-11-16(22)15(21)10-14(17)20(27)26(19)5-2/h10-11,13,18,23H,4-9,12H2,1-3H3/t13?,18-/m1/s1. The summed E-state index contributed by atoms with van der Waals surface area (Å²) in [5.41, 5.74) is -0.0841. The SMILES string of the molecule is CCC[C@H](c1nc2cc(F)c(F)cc2c(=O)n1CC)N1CCCNC(C)C1. The second-order valence-corrected chi connectivity index (χ2v) is 7.31. The molecule has 0 radical (unpaired) electrons. The Morgan fingerprint density at radius 3 is 2.74 bits per heavy atom. The van der Waals surface area contributed by atoms with Crippen molar-refractivity contribution in [3.8, 4) is 0 Å². The van der Waals surface area contributed by atoms with Crippen molar-refractivity contribution in [3.05, 3.63) is 39.9 Å². The van der Waals surface area contributed by atoms with E-state index >= 15 is 0 Å². The van der Waals surface area contributed by atoms with Gasteiger partial charge in [0.05, 0.1) is 16.9 Å². The van der Waals surface area contributed by atoms with Gasteiger partial charge in [0.1, 0.15) is 5.82 Å². The Kier molecular flexibility index (Phi) is 6.22. The van der Waals surface area contributed by atoms with E-state index in [1.165, 1.54) is 0 Å². The van der Waals surface area contributed by atoms with Crippen LogP contribution in [0.5, 0.6) is 0 Å². The molecule has 0 saturated carbocycles. The molecule has 2 aromatic rings. The molecule has 0 amide bonds. The fourth-order valence-corrected chi connectivity index (χ4v) is 3.96. The molecule has 1 N–H and O–H groups in total. The van der Waals surface area contributed by atoms with Crippen molar-refractivity contribution in [2.75, 3.05) is 19.6 Å². The highest BCUT2D eigenvalue weighted by atomic mass is 19.2. The molecule has 0 spiro atoms. The van der Waals surface area contributed by atoms with Gasteiger partial charge in [-0.05, 0) is 39.3 Å². The number of halogens is 2. The first-order valence-electron chi connectivity index (χ1n) is 9.83. The maximum atomic E-state index is 13.8. The lowest BCUT2D eigenvalue weighted by atomic mass is 10.1. The highest BCUT2D eigenvalue weighted by Crippen LogP contribution is 2.27. The van der Waals surface area contributed by atoms with Gasteiger partial charge < -0.3 is 5.32 Å². The van der Waals surface area contributed by atoms with Gasteiger partial charge in [-0.25, -0.2) is 13.8 Å². The molecule has 0 aliphatic carbocycles. The molecule has 1 aromatic heterocycles. The molecule has 27 heavy (non-hydrogen) atoms. The first-order valence-corrected chi connectivity index (χ1v) is 9.83. The largest absolute Gasteiger partial charge is 0.313 e. The summed E-state index contributed by atoms with van der Waals surface area (Å²) < 4.78 is 29.0. The topological polar surface area (TPSA) is 50.2 Å². The van der Waals surface area contributed by atoms with Gasteiger partial charge in [-0.2, -0.15) is 0 Å². The zero-order valence-electron chi connectivity index (χ0n) is 16.3. The Labute approximate surface area is 158 Å². The second kappa shape index (κ2) is 8.44. The van der Waals surface area contributed by atoms with Crippen LogP contribution in [0.3, 0.4) is 0 Å². The van der Waals surface area contributed by atoms with E-state index in [0.717, 1.165) is 51.0 Å². The van der Waals surface area contributed by atoms with Gasteiger partial charge in [0.25, 0.3) is 5.56 Å². The van der Waals surface area contributed by atoms with Crippen LogP contribution in [0.4, 0.5) is 8.78 Å². The number of nitrogens with one attached hydrogen (secondary N) is 1. The number of nitrogens with zero attached hydrogens (tertiary/aromatic N) is 3. The third kappa shape index (κ3) is 4.04. The van der Waals surface area contributed by atoms with Crippen LogP contribution in [0.1, 0.15) is 51.9 Å². The summed E-state index contributed by atoms with van der Waals surface area (Å²) in [4.78, 5) is 20.0. The van der Waals surface area contributed by atoms with Crippen LogP contribution in [0.25, 0.3) is 10.9 Å². The van der Waals surface area contributed by atoms with E-state index < -0.39 is 11.6 Å². The van der Waals surface area contributed by atoms with E-state index in [2.05, 4.69) is 29.0 Å². The molecule has 2 heterocycles. The van der Waals surface area contributed by atoms with Crippen molar-refractivity contribution in [2.24, 2.45) is 0 Å². The number of benzene rings is 1. The molecule has 1 aliphatic heterocycles. The van der Waals surface area contributed by atoms with Crippen LogP contribution < -0.4 is 10.9 Å². The Hall–Kier alpha value is -1.86. The lowest BCUT2D eigenvalue weighted by Gasteiger charge is -2.32. The Morgan fingerprint density at radius 2 is 2.04 bits per heavy atom. The predicted octanol–water partition coefficient (Wildman–Crippen LogP) is 3.22. The predicted molar refractivity (Wildman–Crippen MR) is 103 cm³/mol. The second-order valence-electron chi connectivity index (χ2n) is 7.31. The van der Waals surface area contributed by atoms with E-state index in [4.69, 9.17) is 0 Å². The van der Waals surface area contributed by atoms with Gasteiger partial charge in [-0.1, -0.05) is 13.3 Å². The number of hydrogen-bond acceptors (Lipinski definition) is 4. The van der Waals surface area contributed by atoms with Crippen molar-refractivity contribution >= 4 is 10.9 Å². The van der Waals surface area contributed by atoms with Crippen molar-refractivity contribution < 1.29 is 8.78 Å². The summed E-state index contributed by atoms with van der Waals surface area (Å²) in [6, 6.07) is 2.32. The Morgan fingerprint density at radius 1 is 1.30 bits per heavy atom. The fourth-order valence-electron chi connectivity index (χ4n) is 3.96. The van der Waals surface area contributed by atoms with Crippen molar-refractivity contribution in [1.29, 1.82) is 0 Å². The first kappa shape index (κ1) is 19.9. The third-order valence-electron chi connectivity index (χ3n) is 5.27. The summed E-state index contributed by atoms with van der Waals surface area (Å²) in [6.07, 6.45) is 2.82. The van der Waals surface area contributed by atoms with Crippen LogP contribution in [0, 0.1) is 11.6 Å². The lowest BCUT2D eigenvalue weighted by Crippen LogP contribution is -2.40. The van der Waals surface area contributed by atoms with E-state index in [-0.39, 0.29) is 22.5 Å². The third-order valence-corrected chi connectivity index (χ3v) is 5.27. The summed E-state index contributed by atoms with van der Waals surface area (Å²) in [7, 11) is 0. The highest BCUT2D eigenvalue weighted by Gasteiger charge is 2.27. The van der Waals surface area contributed by atoms with Crippen LogP contribution in [-0.2, 0) is 6.54 Å². The summed E-state index contributed by atoms with van der Waals surface area (Å²) >= 11 is 0. The zero-order chi connectivity index (χ0) is 19.6. The molecule has 1 saturated heterocycles. The smallest absolute Gasteiger partial charge is 0.261 e. The fraction of sp³-hybridized carbons (Fsp3) is 0.600. The molecule has 1 fully saturated rings. The molecule has 1 aliphatic rings. The van der Waals surface area contributed by atoms with E-state index in [9.17, 15) is 13.6 Å². The Balaban J connectivity index is 2.16. The number of fused-ring (bicyclic) bond motifs is 1. The molecule has 5 nitrogen and oxygen atoms in total. The van der Waals surface area contributed by atoms with Crippen molar-refractivity contribution in [1.82, 2.24) is 19.8 Å². The average Bonchev–Trinajstić information content (AvgIpc) is 2.85. The maximum absolute atomic E-state index is 13.8. The van der Waals surface area contributed by atoms with Gasteiger partial charge in [-0.15, -0.1) is 0 Å². The molecular formula is C20H28F2N4O. The first-order chi connectivity index (χ1) is 13.0. The minimum Gasteiger partial charge on any atom is -0.313 e. The van der Waals surface area contributed by atoms with E-state index in [1.807, 2.05) is 6.92 Å². The number of hydrogen-bond donors (Lipinski definition) is 1. The summed E-state index contributed by atoms with van der Waals surface area (Å²) in [5.74, 6) is -1.35. The number of aromatic nitrogens is 2. The summed E-state index contributed by atoms with van der Waals surface area (Å²) in [6.45, 7) is 9.33. The van der Waals surface area contributed by atoms with Gasteiger partial charge in [0, 0.05) is 31.7 Å². The lowest BCUT2D eigenvalue weighted by molar-refractivity contribution is 0.174. The van der Waals surface area contributed by atoms with E-state index in [0.29, 0.717) is 18.4 Å². The van der Waals surface area contributed by atoms with Gasteiger partial charge in [0.2, 0.25) is 0 Å². The van der Waals surface area contributed by atoms with Crippen LogP contribution >= 0.6 is 0 Å². The quantitative estimate of drug-likeness (QED) is 0.868. The normalized spacial score (nSPS) is 20.0. The van der Waals surface area contributed by atoms with Gasteiger partial charge >= 0.3 is 0 Å². The molecular weight excluding hydrogens is 350 g/mol. The van der Waals surface area contributed by atoms with Crippen LogP contribution in [-0.4, -0.2) is 40.1 Å². The number of rotatable bonds is 5. The molecule has 1 aromatic carbocycles. The van der Waals surface area contributed by atoms with Crippen LogP contribution in [0.15, 0.2) is 16.9 Å². The molecule has 0 bridgehead atoms. The monoisotopic (exact) mass is 378 g/mol. The van der Waals surface area contributed by atoms with Crippen molar-refractivity contribution in [3.63, 3.8) is 0 Å².